The van der Waals surface area contributed by atoms with E-state index < -0.39 is 11.7 Å². The van der Waals surface area contributed by atoms with Gasteiger partial charge in [-0.3, -0.25) is 0 Å². The van der Waals surface area contributed by atoms with Crippen LogP contribution in [0.4, 0.5) is 13.2 Å². The lowest BCUT2D eigenvalue weighted by atomic mass is 10.1. The third kappa shape index (κ3) is 2.80. The molecule has 0 aliphatic rings. The minimum Gasteiger partial charge on any atom is -0.387 e. The highest BCUT2D eigenvalue weighted by molar-refractivity contribution is 5.25. The number of alkyl halides is 3. The molecule has 0 spiro atoms. The van der Waals surface area contributed by atoms with E-state index in [4.69, 9.17) is 0 Å². The van der Waals surface area contributed by atoms with E-state index in [1.54, 1.807) is 6.07 Å². The highest BCUT2D eigenvalue weighted by Gasteiger charge is 2.30. The molecule has 0 atom stereocenters. The molecule has 0 bridgehead atoms. The Morgan fingerprint density at radius 2 is 2.07 bits per heavy atom. The number of nitrogens with one attached hydrogen (secondary N) is 1. The Morgan fingerprint density at radius 1 is 1.36 bits per heavy atom. The van der Waals surface area contributed by atoms with Crippen LogP contribution in [-0.4, -0.2) is 0 Å². The van der Waals surface area contributed by atoms with Gasteiger partial charge in [0, 0.05) is 6.54 Å². The highest BCUT2D eigenvalue weighted by atomic mass is 19.4. The molecule has 0 saturated heterocycles. The normalized spacial score (nSPS) is 11.1. The first-order valence-electron chi connectivity index (χ1n) is 4.04. The van der Waals surface area contributed by atoms with Gasteiger partial charge in [-0.2, -0.15) is 13.2 Å². The van der Waals surface area contributed by atoms with E-state index in [1.807, 2.05) is 0 Å². The quantitative estimate of drug-likeness (QED) is 0.792. The number of benzene rings is 1. The zero-order valence-corrected chi connectivity index (χ0v) is 7.43. The van der Waals surface area contributed by atoms with Crippen LogP contribution >= 0.6 is 0 Å². The van der Waals surface area contributed by atoms with E-state index in [0.717, 1.165) is 12.1 Å². The van der Waals surface area contributed by atoms with Crippen LogP contribution < -0.4 is 5.32 Å². The molecule has 4 heteroatoms. The topological polar surface area (TPSA) is 12.0 Å². The summed E-state index contributed by atoms with van der Waals surface area (Å²) in [4.78, 5) is 0. The maximum Gasteiger partial charge on any atom is 0.416 e. The summed E-state index contributed by atoms with van der Waals surface area (Å²) in [6, 6.07) is 5.20. The minimum absolute atomic E-state index is 0.355. The molecular weight excluding hydrogens is 191 g/mol. The summed E-state index contributed by atoms with van der Waals surface area (Å²) in [6.45, 7) is 3.77. The van der Waals surface area contributed by atoms with Gasteiger partial charge in [0.1, 0.15) is 0 Å². The van der Waals surface area contributed by atoms with E-state index in [9.17, 15) is 13.2 Å². The molecule has 1 nitrogen and oxygen atoms in total. The van der Waals surface area contributed by atoms with E-state index in [0.29, 0.717) is 12.1 Å². The first-order chi connectivity index (χ1) is 6.54. The largest absolute Gasteiger partial charge is 0.416 e. The smallest absolute Gasteiger partial charge is 0.387 e. The molecule has 1 aromatic carbocycles. The molecule has 0 heterocycles. The molecule has 0 aliphatic carbocycles. The van der Waals surface area contributed by atoms with E-state index in [2.05, 4.69) is 11.9 Å². The molecule has 0 fully saturated rings. The van der Waals surface area contributed by atoms with E-state index in [-0.39, 0.29) is 0 Å². The zero-order chi connectivity index (χ0) is 10.6. The highest BCUT2D eigenvalue weighted by Crippen LogP contribution is 2.29. The average molecular weight is 201 g/mol. The monoisotopic (exact) mass is 201 g/mol. The van der Waals surface area contributed by atoms with Crippen LogP contribution in [0.2, 0.25) is 0 Å². The van der Waals surface area contributed by atoms with Gasteiger partial charge in [0.15, 0.2) is 0 Å². The van der Waals surface area contributed by atoms with Gasteiger partial charge >= 0.3 is 6.18 Å². The lowest BCUT2D eigenvalue weighted by molar-refractivity contribution is -0.137. The van der Waals surface area contributed by atoms with Crippen LogP contribution in [0, 0.1) is 0 Å². The van der Waals surface area contributed by atoms with Gasteiger partial charge in [-0.25, -0.2) is 0 Å². The Balaban J connectivity index is 2.84. The summed E-state index contributed by atoms with van der Waals surface area (Å²) >= 11 is 0. The molecule has 0 saturated carbocycles. The number of hydrogen-bond donors (Lipinski definition) is 1. The fraction of sp³-hybridized carbons (Fsp3) is 0.200. The van der Waals surface area contributed by atoms with Crippen molar-refractivity contribution < 1.29 is 13.2 Å². The van der Waals surface area contributed by atoms with Crippen LogP contribution in [0.3, 0.4) is 0 Å². The van der Waals surface area contributed by atoms with Gasteiger partial charge in [0.25, 0.3) is 0 Å². The Labute approximate surface area is 80.2 Å². The molecule has 1 rings (SSSR count). The summed E-state index contributed by atoms with van der Waals surface area (Å²) in [6.07, 6.45) is -2.83. The summed E-state index contributed by atoms with van der Waals surface area (Å²) in [5, 5.41) is 2.74. The van der Waals surface area contributed by atoms with Gasteiger partial charge in [0.2, 0.25) is 0 Å². The van der Waals surface area contributed by atoms with Crippen molar-refractivity contribution in [2.24, 2.45) is 0 Å². The maximum absolute atomic E-state index is 12.2. The zero-order valence-electron chi connectivity index (χ0n) is 7.43. The van der Waals surface area contributed by atoms with Crippen molar-refractivity contribution in [3.8, 4) is 0 Å². The second kappa shape index (κ2) is 4.17. The third-order valence-electron chi connectivity index (χ3n) is 1.70. The van der Waals surface area contributed by atoms with Crippen molar-refractivity contribution in [3.05, 3.63) is 48.2 Å². The van der Waals surface area contributed by atoms with Gasteiger partial charge in [-0.15, -0.1) is 0 Å². The van der Waals surface area contributed by atoms with Crippen LogP contribution in [0.5, 0.6) is 0 Å². The number of rotatable bonds is 3. The molecule has 1 aromatic rings. The van der Waals surface area contributed by atoms with Crippen LogP contribution in [-0.2, 0) is 12.7 Å². The Kier molecular flexibility index (Phi) is 3.17. The molecule has 14 heavy (non-hydrogen) atoms. The fourth-order valence-corrected chi connectivity index (χ4v) is 1.05. The SMILES string of the molecule is C=CNCc1cccc(C(F)(F)F)c1. The molecule has 0 aromatic heterocycles. The lowest BCUT2D eigenvalue weighted by Crippen LogP contribution is -2.08. The van der Waals surface area contributed by atoms with Crippen molar-refractivity contribution in [2.75, 3.05) is 0 Å². The third-order valence-corrected chi connectivity index (χ3v) is 1.70. The fourth-order valence-electron chi connectivity index (χ4n) is 1.05. The van der Waals surface area contributed by atoms with Crippen molar-refractivity contribution in [3.63, 3.8) is 0 Å². The van der Waals surface area contributed by atoms with Crippen LogP contribution in [0.1, 0.15) is 11.1 Å². The minimum atomic E-state index is -4.27. The Morgan fingerprint density at radius 3 is 2.64 bits per heavy atom. The first-order valence-corrected chi connectivity index (χ1v) is 4.04. The molecule has 76 valence electrons. The van der Waals surface area contributed by atoms with Gasteiger partial charge in [-0.1, -0.05) is 18.7 Å². The van der Waals surface area contributed by atoms with Crippen molar-refractivity contribution in [1.82, 2.24) is 5.32 Å². The lowest BCUT2D eigenvalue weighted by Gasteiger charge is -2.08. The standard InChI is InChI=1S/C10H10F3N/c1-2-14-7-8-4-3-5-9(6-8)10(11,12)13/h2-6,14H,1,7H2. The van der Waals surface area contributed by atoms with Crippen molar-refractivity contribution in [1.29, 1.82) is 0 Å². The summed E-state index contributed by atoms with van der Waals surface area (Å²) in [7, 11) is 0. The van der Waals surface area contributed by atoms with E-state index in [1.165, 1.54) is 12.3 Å². The summed E-state index contributed by atoms with van der Waals surface area (Å²) in [5.74, 6) is 0. The van der Waals surface area contributed by atoms with Gasteiger partial charge < -0.3 is 5.32 Å². The molecule has 0 amide bonds. The molecule has 0 unspecified atom stereocenters. The number of halogens is 3. The van der Waals surface area contributed by atoms with Gasteiger partial charge in [-0.05, 0) is 23.9 Å². The molecular formula is C10H10F3N. The van der Waals surface area contributed by atoms with Gasteiger partial charge in [0.05, 0.1) is 5.56 Å². The maximum atomic E-state index is 12.2. The average Bonchev–Trinajstić information content (AvgIpc) is 2.14. The second-order valence-corrected chi connectivity index (χ2v) is 2.78. The Bertz CT molecular complexity index is 317. The van der Waals surface area contributed by atoms with Crippen LogP contribution in [0.25, 0.3) is 0 Å². The first kappa shape index (κ1) is 10.6. The summed E-state index contributed by atoms with van der Waals surface area (Å²) in [5.41, 5.74) is -0.0411. The predicted octanol–water partition coefficient (Wildman–Crippen LogP) is 2.94. The van der Waals surface area contributed by atoms with Crippen molar-refractivity contribution in [2.45, 2.75) is 12.7 Å². The second-order valence-electron chi connectivity index (χ2n) is 2.78. The Hall–Kier alpha value is -1.45. The van der Waals surface area contributed by atoms with Crippen LogP contribution in [0.15, 0.2) is 37.0 Å². The number of hydrogen-bond acceptors (Lipinski definition) is 1. The molecule has 1 N–H and O–H groups in total. The van der Waals surface area contributed by atoms with E-state index >= 15 is 0 Å². The van der Waals surface area contributed by atoms with Crippen molar-refractivity contribution >= 4 is 0 Å². The summed E-state index contributed by atoms with van der Waals surface area (Å²) < 4.78 is 36.7. The molecule has 0 aliphatic heterocycles. The molecule has 0 radical (unpaired) electrons. The predicted molar refractivity (Wildman–Crippen MR) is 48.5 cm³/mol.